The first-order chi connectivity index (χ1) is 18.1. The molecule has 0 aliphatic heterocycles. The van der Waals surface area contributed by atoms with Crippen molar-refractivity contribution in [2.75, 3.05) is 7.05 Å². The minimum atomic E-state index is -1.02. The van der Waals surface area contributed by atoms with Crippen molar-refractivity contribution in [1.82, 2.24) is 10.2 Å². The Hall–Kier alpha value is -3.41. The standard InChI is InChI=1S/C33H46N2O4/c1-22(2)27(20-23(3)31(38)39)35(9)30(37)28(32(4,5)6)34-29(36)26(21-24-16-12-10-13-17-24)33(7,8)25-18-14-11-15-19-25/h10-20,22,26-28H,21H2,1-9H3,(H,34,36)(H,38,39)/b23-20+/t26-,27+,28+/m0/s1. The van der Waals surface area contributed by atoms with E-state index in [9.17, 15) is 19.5 Å². The number of nitrogens with zero attached hydrogens (tertiary/aromatic N) is 1. The van der Waals surface area contributed by atoms with Crippen LogP contribution in [0.15, 0.2) is 72.3 Å². The summed E-state index contributed by atoms with van der Waals surface area (Å²) in [4.78, 5) is 41.2. The lowest BCUT2D eigenvalue weighted by Crippen LogP contribution is -2.58. The highest BCUT2D eigenvalue weighted by atomic mass is 16.4. The van der Waals surface area contributed by atoms with E-state index in [0.29, 0.717) is 6.42 Å². The summed E-state index contributed by atoms with van der Waals surface area (Å²) in [5.41, 5.74) is 1.18. The van der Waals surface area contributed by atoms with Gasteiger partial charge >= 0.3 is 5.97 Å². The first-order valence-corrected chi connectivity index (χ1v) is 13.7. The predicted octanol–water partition coefficient (Wildman–Crippen LogP) is 5.87. The summed E-state index contributed by atoms with van der Waals surface area (Å²) in [6.07, 6.45) is 2.13. The lowest BCUT2D eigenvalue weighted by molar-refractivity contribution is -0.141. The number of nitrogens with one attached hydrogen (secondary N) is 1. The molecule has 39 heavy (non-hydrogen) atoms. The van der Waals surface area contributed by atoms with Crippen molar-refractivity contribution >= 4 is 17.8 Å². The number of carbonyl (C=O) groups is 3. The molecule has 0 saturated heterocycles. The number of amides is 2. The van der Waals surface area contributed by atoms with E-state index in [2.05, 4.69) is 19.2 Å². The van der Waals surface area contributed by atoms with Crippen molar-refractivity contribution in [3.63, 3.8) is 0 Å². The second-order valence-electron chi connectivity index (χ2n) is 12.5. The van der Waals surface area contributed by atoms with Gasteiger partial charge in [-0.1, -0.05) is 115 Å². The van der Waals surface area contributed by atoms with Gasteiger partial charge in [-0.25, -0.2) is 4.79 Å². The van der Waals surface area contributed by atoms with E-state index in [-0.39, 0.29) is 23.3 Å². The molecular formula is C33H46N2O4. The number of hydrogen-bond donors (Lipinski definition) is 2. The average molecular weight is 535 g/mol. The van der Waals surface area contributed by atoms with E-state index in [1.807, 2.05) is 95.3 Å². The number of benzene rings is 2. The lowest BCUT2D eigenvalue weighted by Gasteiger charge is -2.40. The molecule has 0 heterocycles. The molecule has 0 radical (unpaired) electrons. The van der Waals surface area contributed by atoms with Gasteiger partial charge in [0.1, 0.15) is 6.04 Å². The topological polar surface area (TPSA) is 86.7 Å². The molecule has 212 valence electrons. The zero-order chi connectivity index (χ0) is 29.5. The average Bonchev–Trinajstić information content (AvgIpc) is 2.88. The molecule has 0 aromatic heterocycles. The van der Waals surface area contributed by atoms with E-state index in [1.54, 1.807) is 18.0 Å². The fourth-order valence-corrected chi connectivity index (χ4v) is 4.92. The van der Waals surface area contributed by atoms with Crippen LogP contribution in [0.25, 0.3) is 0 Å². The minimum absolute atomic E-state index is 0.0209. The van der Waals surface area contributed by atoms with E-state index in [0.717, 1.165) is 11.1 Å². The zero-order valence-electron chi connectivity index (χ0n) is 25.0. The van der Waals surface area contributed by atoms with Crippen LogP contribution in [0.2, 0.25) is 0 Å². The van der Waals surface area contributed by atoms with Crippen LogP contribution in [0.4, 0.5) is 0 Å². The Kier molecular flexibility index (Phi) is 10.7. The predicted molar refractivity (Wildman–Crippen MR) is 157 cm³/mol. The quantitative estimate of drug-likeness (QED) is 0.353. The third-order valence-electron chi connectivity index (χ3n) is 7.62. The Morgan fingerprint density at radius 1 is 0.923 bits per heavy atom. The fraction of sp³-hybridized carbons (Fsp3) is 0.485. The normalized spacial score (nSPS) is 14.9. The maximum atomic E-state index is 14.2. The van der Waals surface area contributed by atoms with Crippen molar-refractivity contribution in [3.05, 3.63) is 83.4 Å². The Morgan fingerprint density at radius 2 is 1.44 bits per heavy atom. The Labute approximate surface area is 234 Å². The molecule has 0 bridgehead atoms. The van der Waals surface area contributed by atoms with Crippen molar-refractivity contribution < 1.29 is 19.5 Å². The number of carboxylic acid groups (broad SMARTS) is 1. The van der Waals surface area contributed by atoms with Crippen LogP contribution < -0.4 is 5.32 Å². The van der Waals surface area contributed by atoms with Crippen molar-refractivity contribution in [2.45, 2.75) is 79.3 Å². The van der Waals surface area contributed by atoms with Gasteiger partial charge in [-0.15, -0.1) is 0 Å². The third-order valence-corrected chi connectivity index (χ3v) is 7.62. The summed E-state index contributed by atoms with van der Waals surface area (Å²) in [5, 5.41) is 12.6. The van der Waals surface area contributed by atoms with Crippen LogP contribution in [-0.2, 0) is 26.2 Å². The number of carboxylic acids is 1. The molecule has 2 amide bonds. The van der Waals surface area contributed by atoms with Gasteiger partial charge in [-0.3, -0.25) is 9.59 Å². The van der Waals surface area contributed by atoms with E-state index < -0.39 is 34.8 Å². The zero-order valence-corrected chi connectivity index (χ0v) is 25.0. The summed E-state index contributed by atoms with van der Waals surface area (Å²) >= 11 is 0. The summed E-state index contributed by atoms with van der Waals surface area (Å²) in [7, 11) is 1.68. The maximum absolute atomic E-state index is 14.2. The van der Waals surface area contributed by atoms with Crippen LogP contribution in [-0.4, -0.2) is 46.9 Å². The van der Waals surface area contributed by atoms with E-state index in [4.69, 9.17) is 0 Å². The molecular weight excluding hydrogens is 488 g/mol. The van der Waals surface area contributed by atoms with Gasteiger partial charge < -0.3 is 15.3 Å². The number of aliphatic carboxylic acids is 1. The molecule has 0 saturated carbocycles. The SMILES string of the molecule is C/C(=C\[C@H](C(C)C)N(C)C(=O)[C@@H](NC(=O)[C@H](Cc1ccccc1)C(C)(C)c1ccccc1)C(C)(C)C)C(=O)O. The third kappa shape index (κ3) is 8.29. The van der Waals surface area contributed by atoms with Crippen LogP contribution in [0.1, 0.15) is 66.5 Å². The highest BCUT2D eigenvalue weighted by molar-refractivity contribution is 5.90. The largest absolute Gasteiger partial charge is 0.478 e. The lowest BCUT2D eigenvalue weighted by atomic mass is 9.70. The van der Waals surface area contributed by atoms with Crippen LogP contribution in [0.5, 0.6) is 0 Å². The van der Waals surface area contributed by atoms with E-state index >= 15 is 0 Å². The fourth-order valence-electron chi connectivity index (χ4n) is 4.92. The molecule has 2 rings (SSSR count). The highest BCUT2D eigenvalue weighted by Crippen LogP contribution is 2.35. The minimum Gasteiger partial charge on any atom is -0.478 e. The summed E-state index contributed by atoms with van der Waals surface area (Å²) < 4.78 is 0. The Morgan fingerprint density at radius 3 is 1.90 bits per heavy atom. The van der Waals surface area contributed by atoms with Crippen molar-refractivity contribution in [2.24, 2.45) is 17.3 Å². The van der Waals surface area contributed by atoms with Gasteiger partial charge in [0, 0.05) is 18.0 Å². The molecule has 2 aromatic carbocycles. The first-order valence-electron chi connectivity index (χ1n) is 13.7. The molecule has 0 fully saturated rings. The van der Waals surface area contributed by atoms with Gasteiger partial charge in [-0.05, 0) is 35.8 Å². The summed E-state index contributed by atoms with van der Waals surface area (Å²) in [6.45, 7) is 15.4. The summed E-state index contributed by atoms with van der Waals surface area (Å²) in [5.74, 6) is -1.92. The molecule has 0 aliphatic rings. The van der Waals surface area contributed by atoms with Crippen LogP contribution >= 0.6 is 0 Å². The van der Waals surface area contributed by atoms with Gasteiger partial charge in [0.25, 0.3) is 0 Å². The number of rotatable bonds is 11. The Balaban J connectivity index is 2.47. The van der Waals surface area contributed by atoms with Gasteiger partial charge in [0.05, 0.1) is 12.0 Å². The molecule has 2 aromatic rings. The summed E-state index contributed by atoms with van der Waals surface area (Å²) in [6, 6.07) is 18.7. The molecule has 3 atom stereocenters. The van der Waals surface area contributed by atoms with E-state index in [1.165, 1.54) is 6.92 Å². The van der Waals surface area contributed by atoms with Crippen LogP contribution in [0.3, 0.4) is 0 Å². The van der Waals surface area contributed by atoms with Crippen LogP contribution in [0, 0.1) is 17.3 Å². The monoisotopic (exact) mass is 534 g/mol. The van der Waals surface area contributed by atoms with Crippen molar-refractivity contribution in [1.29, 1.82) is 0 Å². The number of likely N-dealkylation sites (N-methyl/N-ethyl adjacent to an activating group) is 1. The first kappa shape index (κ1) is 31.8. The second-order valence-corrected chi connectivity index (χ2v) is 12.5. The molecule has 0 aliphatic carbocycles. The van der Waals surface area contributed by atoms with Crippen molar-refractivity contribution in [3.8, 4) is 0 Å². The highest BCUT2D eigenvalue weighted by Gasteiger charge is 2.42. The molecule has 0 spiro atoms. The number of carbonyl (C=O) groups excluding carboxylic acids is 2. The molecule has 2 N–H and O–H groups in total. The van der Waals surface area contributed by atoms with Gasteiger partial charge in [-0.2, -0.15) is 0 Å². The van der Waals surface area contributed by atoms with Gasteiger partial charge in [0.15, 0.2) is 0 Å². The maximum Gasteiger partial charge on any atom is 0.331 e. The Bertz CT molecular complexity index is 1150. The second kappa shape index (κ2) is 13.1. The number of hydrogen-bond acceptors (Lipinski definition) is 3. The smallest absolute Gasteiger partial charge is 0.331 e. The molecule has 0 unspecified atom stereocenters. The molecule has 6 heteroatoms. The molecule has 6 nitrogen and oxygen atoms in total. The van der Waals surface area contributed by atoms with Gasteiger partial charge in [0.2, 0.25) is 11.8 Å².